The monoisotopic (exact) mass is 168 g/mol. The number of rotatable bonds is 3. The third-order valence-electron chi connectivity index (χ3n) is 2.67. The molecule has 0 spiro atoms. The number of nitrogens with two attached hydrogens (primary N) is 1. The van der Waals surface area contributed by atoms with Gasteiger partial charge in [0.25, 0.3) is 0 Å². The highest BCUT2D eigenvalue weighted by atomic mass is 15.3. The van der Waals surface area contributed by atoms with Gasteiger partial charge in [-0.05, 0) is 12.8 Å². The van der Waals surface area contributed by atoms with Gasteiger partial charge in [0.1, 0.15) is 12.7 Å². The van der Waals surface area contributed by atoms with Crippen LogP contribution in [0.3, 0.4) is 0 Å². The summed E-state index contributed by atoms with van der Waals surface area (Å²) in [5.74, 6) is 0.471. The summed E-state index contributed by atoms with van der Waals surface area (Å²) in [6, 6.07) is 0. The lowest BCUT2D eigenvalue weighted by Crippen LogP contribution is -2.42. The predicted octanol–water partition coefficient (Wildman–Crippen LogP) is 0.608. The quantitative estimate of drug-likeness (QED) is 0.719. The van der Waals surface area contributed by atoms with Crippen LogP contribution in [0.4, 0.5) is 0 Å². The van der Waals surface area contributed by atoms with Crippen LogP contribution in [0.15, 0.2) is 12.7 Å². The fraction of sp³-hybridized carbons (Fsp3) is 0.750. The molecule has 0 aliphatic heterocycles. The Morgan fingerprint density at radius 3 is 2.25 bits per heavy atom. The second kappa shape index (κ2) is 3.23. The van der Waals surface area contributed by atoms with Gasteiger partial charge >= 0.3 is 0 Å². The molecule has 1 heterocycles. The summed E-state index contributed by atoms with van der Waals surface area (Å²) in [5, 5.41) is 7.55. The van der Waals surface area contributed by atoms with Crippen molar-refractivity contribution in [2.45, 2.75) is 26.3 Å². The van der Waals surface area contributed by atoms with Gasteiger partial charge in [0.2, 0.25) is 0 Å². The lowest BCUT2D eigenvalue weighted by atomic mass is 9.88. The van der Waals surface area contributed by atoms with E-state index in [4.69, 9.17) is 5.73 Å². The van der Waals surface area contributed by atoms with Gasteiger partial charge in [-0.2, -0.15) is 0 Å². The molecule has 0 aliphatic rings. The Morgan fingerprint density at radius 2 is 1.92 bits per heavy atom. The van der Waals surface area contributed by atoms with Crippen molar-refractivity contribution in [3.05, 3.63) is 12.7 Å². The van der Waals surface area contributed by atoms with Crippen molar-refractivity contribution in [2.75, 3.05) is 6.54 Å². The minimum Gasteiger partial charge on any atom is -0.328 e. The Labute approximate surface area is 72.8 Å². The molecule has 1 atom stereocenters. The molecule has 4 nitrogen and oxygen atoms in total. The topological polar surface area (TPSA) is 56.7 Å². The van der Waals surface area contributed by atoms with Crippen LogP contribution in [0.5, 0.6) is 0 Å². The van der Waals surface area contributed by atoms with Crippen LogP contribution in [0, 0.1) is 5.92 Å². The van der Waals surface area contributed by atoms with Crippen LogP contribution in [0.2, 0.25) is 0 Å². The molecule has 0 saturated carbocycles. The van der Waals surface area contributed by atoms with Gasteiger partial charge in [0.05, 0.1) is 5.54 Å². The lowest BCUT2D eigenvalue weighted by Gasteiger charge is -2.33. The SMILES string of the molecule is CC(C)C(C)(CN)n1cnnc1. The smallest absolute Gasteiger partial charge is 0.119 e. The van der Waals surface area contributed by atoms with Gasteiger partial charge in [-0.3, -0.25) is 0 Å². The van der Waals surface area contributed by atoms with Gasteiger partial charge in [0, 0.05) is 6.54 Å². The molecule has 4 heteroatoms. The van der Waals surface area contributed by atoms with Crippen LogP contribution in [0.1, 0.15) is 20.8 Å². The second-order valence-electron chi connectivity index (χ2n) is 3.59. The van der Waals surface area contributed by atoms with E-state index in [1.54, 1.807) is 12.7 Å². The summed E-state index contributed by atoms with van der Waals surface area (Å²) >= 11 is 0. The van der Waals surface area contributed by atoms with E-state index in [0.717, 1.165) is 0 Å². The zero-order valence-corrected chi connectivity index (χ0v) is 7.86. The predicted molar refractivity (Wildman–Crippen MR) is 47.6 cm³/mol. The third-order valence-corrected chi connectivity index (χ3v) is 2.67. The van der Waals surface area contributed by atoms with Crippen LogP contribution < -0.4 is 5.73 Å². The highest BCUT2D eigenvalue weighted by Gasteiger charge is 2.28. The first-order chi connectivity index (χ1) is 5.61. The van der Waals surface area contributed by atoms with Gasteiger partial charge < -0.3 is 10.3 Å². The van der Waals surface area contributed by atoms with Crippen molar-refractivity contribution in [2.24, 2.45) is 11.7 Å². The number of aromatic nitrogens is 3. The molecule has 2 N–H and O–H groups in total. The average Bonchev–Trinajstić information content (AvgIpc) is 2.54. The van der Waals surface area contributed by atoms with Gasteiger partial charge in [0.15, 0.2) is 0 Å². The number of hydrogen-bond donors (Lipinski definition) is 1. The Kier molecular flexibility index (Phi) is 2.47. The first-order valence-electron chi connectivity index (χ1n) is 4.16. The first-order valence-corrected chi connectivity index (χ1v) is 4.16. The summed E-state index contributed by atoms with van der Waals surface area (Å²) < 4.78 is 1.97. The van der Waals surface area contributed by atoms with Crippen molar-refractivity contribution in [3.63, 3.8) is 0 Å². The van der Waals surface area contributed by atoms with E-state index in [2.05, 4.69) is 31.0 Å². The van der Waals surface area contributed by atoms with E-state index in [9.17, 15) is 0 Å². The summed E-state index contributed by atoms with van der Waals surface area (Å²) in [6.07, 6.45) is 3.43. The maximum atomic E-state index is 5.72. The minimum atomic E-state index is -0.0660. The highest BCUT2D eigenvalue weighted by molar-refractivity contribution is 4.87. The summed E-state index contributed by atoms with van der Waals surface area (Å²) in [6.45, 7) is 7.00. The molecule has 0 amide bonds. The Hall–Kier alpha value is -0.900. The maximum Gasteiger partial charge on any atom is 0.119 e. The molecule has 0 radical (unpaired) electrons. The van der Waals surface area contributed by atoms with E-state index in [1.807, 2.05) is 4.57 Å². The van der Waals surface area contributed by atoms with Gasteiger partial charge in [-0.25, -0.2) is 0 Å². The molecule has 1 rings (SSSR count). The maximum absolute atomic E-state index is 5.72. The van der Waals surface area contributed by atoms with Crippen LogP contribution >= 0.6 is 0 Å². The molecule has 1 aromatic rings. The largest absolute Gasteiger partial charge is 0.328 e. The molecule has 0 aromatic carbocycles. The van der Waals surface area contributed by atoms with E-state index >= 15 is 0 Å². The number of nitrogens with zero attached hydrogens (tertiary/aromatic N) is 3. The molecular formula is C8H16N4. The molecule has 12 heavy (non-hydrogen) atoms. The molecule has 0 bridgehead atoms. The Balaban J connectivity index is 2.96. The molecule has 0 aliphatic carbocycles. The molecule has 1 aromatic heterocycles. The summed E-state index contributed by atoms with van der Waals surface area (Å²) in [7, 11) is 0. The van der Waals surface area contributed by atoms with Crippen molar-refractivity contribution in [1.29, 1.82) is 0 Å². The van der Waals surface area contributed by atoms with E-state index in [0.29, 0.717) is 12.5 Å². The molecule has 0 saturated heterocycles. The van der Waals surface area contributed by atoms with Crippen LogP contribution in [-0.4, -0.2) is 21.3 Å². The molecule has 68 valence electrons. The fourth-order valence-electron chi connectivity index (χ4n) is 1.10. The first kappa shape index (κ1) is 9.19. The fourth-order valence-corrected chi connectivity index (χ4v) is 1.10. The minimum absolute atomic E-state index is 0.0660. The molecular weight excluding hydrogens is 152 g/mol. The Bertz CT molecular complexity index is 229. The number of hydrogen-bond acceptors (Lipinski definition) is 3. The van der Waals surface area contributed by atoms with Crippen molar-refractivity contribution >= 4 is 0 Å². The van der Waals surface area contributed by atoms with Gasteiger partial charge in [-0.15, -0.1) is 10.2 Å². The Morgan fingerprint density at radius 1 is 1.42 bits per heavy atom. The van der Waals surface area contributed by atoms with Gasteiger partial charge in [-0.1, -0.05) is 13.8 Å². The highest BCUT2D eigenvalue weighted by Crippen LogP contribution is 2.23. The van der Waals surface area contributed by atoms with E-state index < -0.39 is 0 Å². The van der Waals surface area contributed by atoms with Crippen molar-refractivity contribution < 1.29 is 0 Å². The second-order valence-corrected chi connectivity index (χ2v) is 3.59. The normalized spacial score (nSPS) is 16.4. The standard InChI is InChI=1S/C8H16N4/c1-7(2)8(3,4-9)12-5-10-11-6-12/h5-7H,4,9H2,1-3H3. The summed E-state index contributed by atoms with van der Waals surface area (Å²) in [5.41, 5.74) is 5.66. The van der Waals surface area contributed by atoms with Crippen LogP contribution in [0.25, 0.3) is 0 Å². The zero-order valence-electron chi connectivity index (χ0n) is 7.86. The lowest BCUT2D eigenvalue weighted by molar-refractivity contribution is 0.230. The zero-order chi connectivity index (χ0) is 9.19. The third kappa shape index (κ3) is 1.34. The molecule has 0 fully saturated rings. The van der Waals surface area contributed by atoms with Crippen molar-refractivity contribution in [3.8, 4) is 0 Å². The molecule has 1 unspecified atom stereocenters. The van der Waals surface area contributed by atoms with E-state index in [1.165, 1.54) is 0 Å². The van der Waals surface area contributed by atoms with Crippen molar-refractivity contribution in [1.82, 2.24) is 14.8 Å². The average molecular weight is 168 g/mol. The summed E-state index contributed by atoms with van der Waals surface area (Å²) in [4.78, 5) is 0. The van der Waals surface area contributed by atoms with Crippen LogP contribution in [-0.2, 0) is 5.54 Å². The van der Waals surface area contributed by atoms with E-state index in [-0.39, 0.29) is 5.54 Å².